The third-order valence-electron chi connectivity index (χ3n) is 5.46. The average Bonchev–Trinajstić information content (AvgIpc) is 3.13. The fourth-order valence-electron chi connectivity index (χ4n) is 3.85. The molecule has 0 atom stereocenters. The van der Waals surface area contributed by atoms with Gasteiger partial charge in [0.15, 0.2) is 5.69 Å². The van der Waals surface area contributed by atoms with Gasteiger partial charge in [0.05, 0.1) is 12.7 Å². The molecule has 3 saturated carbocycles. The Bertz CT molecular complexity index is 764. The number of nitrogens with zero attached hydrogens (tertiary/aromatic N) is 3. The summed E-state index contributed by atoms with van der Waals surface area (Å²) in [7, 11) is 1.34. The van der Waals surface area contributed by atoms with E-state index in [2.05, 4.69) is 37.7 Å². The number of carbonyl (C=O) groups is 1. The molecule has 0 aromatic carbocycles. The average molecular weight is 439 g/mol. The summed E-state index contributed by atoms with van der Waals surface area (Å²) in [6.07, 6.45) is 8.43. The Labute approximate surface area is 153 Å². The van der Waals surface area contributed by atoms with Crippen LogP contribution in [-0.2, 0) is 10.2 Å². The van der Waals surface area contributed by atoms with Crippen LogP contribution in [0.2, 0.25) is 0 Å². The van der Waals surface area contributed by atoms with Gasteiger partial charge < -0.3 is 9.26 Å². The molecule has 2 aromatic heterocycles. The molecule has 2 bridgehead atoms. The molecule has 0 saturated heterocycles. The summed E-state index contributed by atoms with van der Waals surface area (Å²) in [4.78, 5) is 20.7. The fraction of sp³-hybridized carbons (Fsp3) is 0.529. The first-order valence-corrected chi connectivity index (χ1v) is 9.20. The highest BCUT2D eigenvalue weighted by Crippen LogP contribution is 2.56. The predicted molar refractivity (Wildman–Crippen MR) is 95.0 cm³/mol. The summed E-state index contributed by atoms with van der Waals surface area (Å²) in [5, 5.41) is 4.13. The summed E-state index contributed by atoms with van der Waals surface area (Å²) in [5.74, 6) is 0.611. The molecular formula is C17H18IN3O3. The van der Waals surface area contributed by atoms with E-state index in [1.54, 1.807) is 18.3 Å². The van der Waals surface area contributed by atoms with Crippen molar-refractivity contribution in [3.05, 3.63) is 29.9 Å². The van der Waals surface area contributed by atoms with Gasteiger partial charge in [0, 0.05) is 15.0 Å². The lowest BCUT2D eigenvalue weighted by molar-refractivity contribution is 0.0595. The molecule has 3 aliphatic rings. The van der Waals surface area contributed by atoms with E-state index in [0.29, 0.717) is 20.7 Å². The molecule has 0 amide bonds. The normalized spacial score (nSPS) is 28.8. The van der Waals surface area contributed by atoms with Crippen LogP contribution in [0.25, 0.3) is 11.4 Å². The number of hydrogen-bond acceptors (Lipinski definition) is 6. The molecule has 0 spiro atoms. The Morgan fingerprint density at radius 2 is 1.96 bits per heavy atom. The monoisotopic (exact) mass is 439 g/mol. The Hall–Kier alpha value is -1.51. The van der Waals surface area contributed by atoms with E-state index < -0.39 is 5.97 Å². The maximum atomic E-state index is 11.9. The molecule has 6 nitrogen and oxygen atoms in total. The van der Waals surface area contributed by atoms with Gasteiger partial charge in [-0.2, -0.15) is 4.98 Å². The first-order valence-electron chi connectivity index (χ1n) is 8.12. The molecular weight excluding hydrogens is 421 g/mol. The Morgan fingerprint density at radius 3 is 2.62 bits per heavy atom. The van der Waals surface area contributed by atoms with Gasteiger partial charge >= 0.3 is 5.97 Å². The van der Waals surface area contributed by atoms with Crippen LogP contribution in [0.15, 0.2) is 22.9 Å². The molecule has 0 unspecified atom stereocenters. The minimum atomic E-state index is -0.500. The summed E-state index contributed by atoms with van der Waals surface area (Å²) in [5.41, 5.74) is 0.764. The van der Waals surface area contributed by atoms with Gasteiger partial charge in [0.2, 0.25) is 11.7 Å². The Kier molecular flexibility index (Phi) is 3.85. The van der Waals surface area contributed by atoms with Gasteiger partial charge in [0.1, 0.15) is 0 Å². The number of hydrogen-bond donors (Lipinski definition) is 0. The number of fused-ring (bicyclic) bond motifs is 3. The van der Waals surface area contributed by atoms with Crippen LogP contribution in [0.4, 0.5) is 0 Å². The number of methoxy groups -OCH3 is 1. The molecule has 3 fully saturated rings. The quantitative estimate of drug-likeness (QED) is 0.413. The van der Waals surface area contributed by atoms with Gasteiger partial charge in [-0.15, -0.1) is 0 Å². The Morgan fingerprint density at radius 1 is 1.25 bits per heavy atom. The predicted octanol–water partition coefficient (Wildman–Crippen LogP) is 3.70. The zero-order valence-corrected chi connectivity index (χ0v) is 15.6. The molecule has 5 rings (SSSR count). The van der Waals surface area contributed by atoms with Crippen LogP contribution in [0, 0.1) is 0 Å². The lowest BCUT2D eigenvalue weighted by Gasteiger charge is -2.48. The number of esters is 1. The summed E-state index contributed by atoms with van der Waals surface area (Å²) >= 11 is 2.62. The first-order chi connectivity index (χ1) is 11.6. The zero-order valence-electron chi connectivity index (χ0n) is 13.4. The second kappa shape index (κ2) is 5.79. The van der Waals surface area contributed by atoms with Crippen molar-refractivity contribution in [1.82, 2.24) is 15.1 Å². The number of aromatic nitrogens is 3. The number of halogens is 1. The van der Waals surface area contributed by atoms with Crippen molar-refractivity contribution in [3.8, 4) is 11.4 Å². The van der Waals surface area contributed by atoms with Gasteiger partial charge in [-0.25, -0.2) is 9.78 Å². The highest BCUT2D eigenvalue weighted by molar-refractivity contribution is 14.1. The minimum absolute atomic E-state index is 0.00576. The van der Waals surface area contributed by atoms with E-state index in [9.17, 15) is 4.79 Å². The molecule has 0 N–H and O–H groups in total. The number of alkyl halides is 1. The smallest absolute Gasteiger partial charge is 0.357 e. The van der Waals surface area contributed by atoms with Gasteiger partial charge in [-0.05, 0) is 50.7 Å². The van der Waals surface area contributed by atoms with E-state index >= 15 is 0 Å². The lowest BCUT2D eigenvalue weighted by atomic mass is 9.60. The third kappa shape index (κ3) is 2.53. The summed E-state index contributed by atoms with van der Waals surface area (Å²) in [6, 6.07) is 3.52. The number of ether oxygens (including phenoxy) is 1. The van der Waals surface area contributed by atoms with E-state index in [1.165, 1.54) is 26.4 Å². The largest absolute Gasteiger partial charge is 0.464 e. The van der Waals surface area contributed by atoms with Crippen LogP contribution in [0.3, 0.4) is 0 Å². The molecule has 2 heterocycles. The van der Waals surface area contributed by atoms with Gasteiger partial charge in [-0.1, -0.05) is 27.7 Å². The molecule has 24 heavy (non-hydrogen) atoms. The van der Waals surface area contributed by atoms with Crippen LogP contribution in [-0.4, -0.2) is 31.6 Å². The van der Waals surface area contributed by atoms with E-state index in [4.69, 9.17) is 9.26 Å². The zero-order chi connectivity index (χ0) is 16.8. The maximum Gasteiger partial charge on any atom is 0.357 e. The lowest BCUT2D eigenvalue weighted by Crippen LogP contribution is -2.44. The summed E-state index contributed by atoms with van der Waals surface area (Å²) < 4.78 is 10.9. The number of pyridine rings is 1. The van der Waals surface area contributed by atoms with Crippen molar-refractivity contribution in [2.45, 2.75) is 47.4 Å². The van der Waals surface area contributed by atoms with Crippen LogP contribution in [0.1, 0.15) is 54.9 Å². The topological polar surface area (TPSA) is 78.1 Å². The maximum absolute atomic E-state index is 11.9. The molecule has 126 valence electrons. The third-order valence-corrected chi connectivity index (χ3v) is 7.08. The van der Waals surface area contributed by atoms with Crippen molar-refractivity contribution >= 4 is 28.6 Å². The van der Waals surface area contributed by atoms with Gasteiger partial charge in [-0.3, -0.25) is 0 Å². The van der Waals surface area contributed by atoms with Crippen molar-refractivity contribution in [3.63, 3.8) is 0 Å². The highest BCUT2D eigenvalue weighted by Gasteiger charge is 2.51. The van der Waals surface area contributed by atoms with Crippen molar-refractivity contribution in [1.29, 1.82) is 0 Å². The SMILES string of the molecule is COC(=O)c1ncccc1-c1noc(C23CCC(I)(CC2)CC3)n1. The second-order valence-electron chi connectivity index (χ2n) is 6.75. The molecule has 0 aliphatic heterocycles. The molecule has 0 radical (unpaired) electrons. The van der Waals surface area contributed by atoms with Crippen molar-refractivity contribution in [2.24, 2.45) is 0 Å². The fourth-order valence-corrected chi connectivity index (χ4v) is 4.66. The minimum Gasteiger partial charge on any atom is -0.464 e. The Balaban J connectivity index is 1.68. The van der Waals surface area contributed by atoms with Crippen LogP contribution in [0.5, 0.6) is 0 Å². The van der Waals surface area contributed by atoms with E-state index in [1.807, 2.05) is 0 Å². The van der Waals surface area contributed by atoms with Crippen LogP contribution >= 0.6 is 22.6 Å². The first kappa shape index (κ1) is 16.0. The summed E-state index contributed by atoms with van der Waals surface area (Å²) in [6.45, 7) is 0. The van der Waals surface area contributed by atoms with Crippen molar-refractivity contribution in [2.75, 3.05) is 7.11 Å². The van der Waals surface area contributed by atoms with Crippen molar-refractivity contribution < 1.29 is 14.1 Å². The van der Waals surface area contributed by atoms with Gasteiger partial charge in [0.25, 0.3) is 0 Å². The second-order valence-corrected chi connectivity index (χ2v) is 9.03. The number of rotatable bonds is 3. The number of carbonyl (C=O) groups excluding carboxylic acids is 1. The standard InChI is InChI=1S/C17H18IN3O3/c1-23-14(22)12-11(3-2-10-19-12)13-20-15(24-21-13)16-4-7-17(18,8-5-16)9-6-16/h2-3,10H,4-9H2,1H3. The van der Waals surface area contributed by atoms with E-state index in [-0.39, 0.29) is 11.1 Å². The highest BCUT2D eigenvalue weighted by atomic mass is 127. The molecule has 2 aromatic rings. The van der Waals surface area contributed by atoms with Crippen LogP contribution < -0.4 is 0 Å². The molecule has 3 aliphatic carbocycles. The van der Waals surface area contributed by atoms with E-state index in [0.717, 1.165) is 19.3 Å². The molecule has 7 heteroatoms.